The van der Waals surface area contributed by atoms with E-state index in [9.17, 15) is 8.42 Å². The summed E-state index contributed by atoms with van der Waals surface area (Å²) >= 11 is 0. The Hall–Kier alpha value is -2.61. The highest BCUT2D eigenvalue weighted by molar-refractivity contribution is 7.92. The highest BCUT2D eigenvalue weighted by atomic mass is 32.2. The summed E-state index contributed by atoms with van der Waals surface area (Å²) in [6.45, 7) is 6.88. The number of nitrogens with one attached hydrogen (secondary N) is 1. The smallest absolute Gasteiger partial charge is 0.266 e. The summed E-state index contributed by atoms with van der Waals surface area (Å²) in [4.78, 5) is 0.169. The number of hydrogen-bond donors (Lipinski definition) is 1. The predicted octanol–water partition coefficient (Wildman–Crippen LogP) is 2.57. The van der Waals surface area contributed by atoms with Crippen LogP contribution in [-0.4, -0.2) is 28.0 Å². The molecule has 0 aliphatic carbocycles. The predicted molar refractivity (Wildman–Crippen MR) is 96.0 cm³/mol. The zero-order valence-electron chi connectivity index (χ0n) is 14.5. The summed E-state index contributed by atoms with van der Waals surface area (Å²) in [6.07, 6.45) is 3.12. The van der Waals surface area contributed by atoms with Crippen molar-refractivity contribution in [3.63, 3.8) is 0 Å². The Morgan fingerprint density at radius 1 is 1.20 bits per heavy atom. The van der Waals surface area contributed by atoms with Crippen molar-refractivity contribution in [2.24, 2.45) is 0 Å². The molecule has 7 nitrogen and oxygen atoms in total. The van der Waals surface area contributed by atoms with Crippen LogP contribution in [-0.2, 0) is 23.1 Å². The van der Waals surface area contributed by atoms with Crippen LogP contribution in [0.4, 0.5) is 5.82 Å². The maximum atomic E-state index is 12.6. The van der Waals surface area contributed by atoms with Crippen LogP contribution in [0.3, 0.4) is 0 Å². The first-order chi connectivity index (χ1) is 11.9. The summed E-state index contributed by atoms with van der Waals surface area (Å²) in [5.74, 6) is 0.288. The SMILES string of the molecule is CCn1ncc(S(=O)(=O)Nc2ccn(Cc3cccc(C)c3)n2)c1C. The topological polar surface area (TPSA) is 81.8 Å². The Morgan fingerprint density at radius 2 is 2.00 bits per heavy atom. The van der Waals surface area contributed by atoms with E-state index in [1.54, 1.807) is 28.6 Å². The van der Waals surface area contributed by atoms with Gasteiger partial charge in [0.1, 0.15) is 4.90 Å². The third-order valence-corrected chi connectivity index (χ3v) is 5.41. The average Bonchev–Trinajstić information content (AvgIpc) is 3.13. The second-order valence-electron chi connectivity index (χ2n) is 5.90. The van der Waals surface area contributed by atoms with Gasteiger partial charge >= 0.3 is 0 Å². The summed E-state index contributed by atoms with van der Waals surface area (Å²) in [7, 11) is -3.71. The second kappa shape index (κ2) is 6.72. The Balaban J connectivity index is 1.77. The highest BCUT2D eigenvalue weighted by Crippen LogP contribution is 2.18. The van der Waals surface area contributed by atoms with Crippen molar-refractivity contribution >= 4 is 15.8 Å². The fourth-order valence-corrected chi connectivity index (χ4v) is 3.88. The standard InChI is InChI=1S/C17H21N5O2S/c1-4-22-14(3)16(11-18-22)25(23,24)20-17-8-9-21(19-17)12-15-7-5-6-13(2)10-15/h5-11H,4,12H2,1-3H3,(H,19,20). The lowest BCUT2D eigenvalue weighted by molar-refractivity contribution is 0.598. The van der Waals surface area contributed by atoms with Gasteiger partial charge in [-0.1, -0.05) is 29.8 Å². The van der Waals surface area contributed by atoms with Crippen LogP contribution in [0.5, 0.6) is 0 Å². The average molecular weight is 359 g/mol. The van der Waals surface area contributed by atoms with Gasteiger partial charge in [-0.15, -0.1) is 0 Å². The number of aryl methyl sites for hydroxylation is 2. The van der Waals surface area contributed by atoms with E-state index in [0.29, 0.717) is 18.8 Å². The lowest BCUT2D eigenvalue weighted by Gasteiger charge is -2.06. The minimum Gasteiger partial charge on any atom is -0.269 e. The molecule has 132 valence electrons. The van der Waals surface area contributed by atoms with E-state index >= 15 is 0 Å². The minimum atomic E-state index is -3.71. The van der Waals surface area contributed by atoms with Gasteiger partial charge in [0.05, 0.1) is 18.4 Å². The molecule has 0 amide bonds. The molecule has 0 saturated heterocycles. The molecule has 2 aromatic heterocycles. The Labute approximate surface area is 147 Å². The molecule has 3 aromatic rings. The number of anilines is 1. The molecule has 0 saturated carbocycles. The minimum absolute atomic E-state index is 0.169. The molecule has 3 rings (SSSR count). The van der Waals surface area contributed by atoms with Crippen molar-refractivity contribution in [1.29, 1.82) is 0 Å². The van der Waals surface area contributed by atoms with Crippen molar-refractivity contribution in [3.8, 4) is 0 Å². The molecule has 0 aliphatic heterocycles. The van der Waals surface area contributed by atoms with Gasteiger partial charge in [0.25, 0.3) is 10.0 Å². The van der Waals surface area contributed by atoms with Crippen LogP contribution in [0, 0.1) is 13.8 Å². The van der Waals surface area contributed by atoms with E-state index < -0.39 is 10.0 Å². The van der Waals surface area contributed by atoms with Crippen LogP contribution < -0.4 is 4.72 Å². The summed E-state index contributed by atoms with van der Waals surface area (Å²) in [5, 5.41) is 8.38. The van der Waals surface area contributed by atoms with Crippen molar-refractivity contribution in [2.75, 3.05) is 4.72 Å². The van der Waals surface area contributed by atoms with Gasteiger partial charge in [-0.3, -0.25) is 14.1 Å². The molecule has 0 fully saturated rings. The van der Waals surface area contributed by atoms with E-state index in [-0.39, 0.29) is 10.7 Å². The largest absolute Gasteiger partial charge is 0.269 e. The summed E-state index contributed by atoms with van der Waals surface area (Å²) in [5.41, 5.74) is 2.89. The fourth-order valence-electron chi connectivity index (χ4n) is 2.71. The molecule has 2 heterocycles. The number of rotatable bonds is 6. The van der Waals surface area contributed by atoms with Crippen LogP contribution in [0.2, 0.25) is 0 Å². The molecule has 0 spiro atoms. The third-order valence-electron chi connectivity index (χ3n) is 3.95. The first-order valence-electron chi connectivity index (χ1n) is 8.03. The van der Waals surface area contributed by atoms with E-state index in [1.807, 2.05) is 32.0 Å². The van der Waals surface area contributed by atoms with E-state index in [0.717, 1.165) is 5.56 Å². The normalized spacial score (nSPS) is 11.6. The Bertz CT molecular complexity index is 988. The molecular weight excluding hydrogens is 338 g/mol. The Morgan fingerprint density at radius 3 is 2.68 bits per heavy atom. The zero-order valence-corrected chi connectivity index (χ0v) is 15.3. The molecule has 0 bridgehead atoms. The summed E-state index contributed by atoms with van der Waals surface area (Å²) in [6, 6.07) is 9.76. The second-order valence-corrected chi connectivity index (χ2v) is 7.55. The van der Waals surface area contributed by atoms with Crippen molar-refractivity contribution in [2.45, 2.75) is 38.8 Å². The van der Waals surface area contributed by atoms with Crippen LogP contribution in [0.1, 0.15) is 23.7 Å². The third kappa shape index (κ3) is 3.74. The first kappa shape index (κ1) is 17.2. The Kier molecular flexibility index (Phi) is 4.63. The van der Waals surface area contributed by atoms with Crippen LogP contribution in [0.15, 0.2) is 47.6 Å². The van der Waals surface area contributed by atoms with Gasteiger partial charge in [0, 0.05) is 18.8 Å². The van der Waals surface area contributed by atoms with E-state index in [2.05, 4.69) is 21.0 Å². The molecule has 0 aliphatic rings. The quantitative estimate of drug-likeness (QED) is 0.733. The number of nitrogens with zero attached hydrogens (tertiary/aromatic N) is 4. The maximum absolute atomic E-state index is 12.6. The number of hydrogen-bond acceptors (Lipinski definition) is 4. The molecular formula is C17H21N5O2S. The van der Waals surface area contributed by atoms with Gasteiger partial charge in [0.2, 0.25) is 0 Å². The first-order valence-corrected chi connectivity index (χ1v) is 9.51. The van der Waals surface area contributed by atoms with Crippen LogP contribution >= 0.6 is 0 Å². The van der Waals surface area contributed by atoms with E-state index in [4.69, 9.17) is 0 Å². The van der Waals surface area contributed by atoms with Crippen molar-refractivity contribution in [3.05, 3.63) is 59.5 Å². The number of aromatic nitrogens is 4. The van der Waals surface area contributed by atoms with Crippen molar-refractivity contribution in [1.82, 2.24) is 19.6 Å². The van der Waals surface area contributed by atoms with Gasteiger partial charge in [-0.05, 0) is 26.3 Å². The lowest BCUT2D eigenvalue weighted by atomic mass is 10.1. The molecule has 0 unspecified atom stereocenters. The van der Waals surface area contributed by atoms with Crippen LogP contribution in [0.25, 0.3) is 0 Å². The summed E-state index contributed by atoms with van der Waals surface area (Å²) < 4.78 is 31.0. The maximum Gasteiger partial charge on any atom is 0.266 e. The van der Waals surface area contributed by atoms with Gasteiger partial charge in [-0.2, -0.15) is 10.2 Å². The molecule has 1 aromatic carbocycles. The molecule has 8 heteroatoms. The van der Waals surface area contributed by atoms with Gasteiger partial charge in [0.15, 0.2) is 5.82 Å². The van der Waals surface area contributed by atoms with Gasteiger partial charge < -0.3 is 0 Å². The molecule has 0 atom stereocenters. The van der Waals surface area contributed by atoms with Gasteiger partial charge in [-0.25, -0.2) is 8.42 Å². The van der Waals surface area contributed by atoms with Crippen molar-refractivity contribution < 1.29 is 8.42 Å². The monoisotopic (exact) mass is 359 g/mol. The number of sulfonamides is 1. The number of benzene rings is 1. The molecule has 1 N–H and O–H groups in total. The molecule has 25 heavy (non-hydrogen) atoms. The lowest BCUT2D eigenvalue weighted by Crippen LogP contribution is -2.15. The zero-order chi connectivity index (χ0) is 18.0. The molecule has 0 radical (unpaired) electrons. The fraction of sp³-hybridized carbons (Fsp3) is 0.294. The highest BCUT2D eigenvalue weighted by Gasteiger charge is 2.21. The van der Waals surface area contributed by atoms with E-state index in [1.165, 1.54) is 11.8 Å².